The minimum absolute atomic E-state index is 0.350. The summed E-state index contributed by atoms with van der Waals surface area (Å²) >= 11 is 3.41. The standard InChI is InChI=1S/C15H21BrN2O2S/c1-10-4-5-14(13(16)6-10)21(19,20)18-9-11-7-17-8-12(11)15(18,2)3/h4-6,11-12,17H,7-9H2,1-3H3. The summed E-state index contributed by atoms with van der Waals surface area (Å²) in [5.74, 6) is 0.801. The molecule has 3 rings (SSSR count). The zero-order valence-corrected chi connectivity index (χ0v) is 15.0. The second-order valence-corrected chi connectivity index (χ2v) is 9.33. The number of nitrogens with zero attached hydrogens (tertiary/aromatic N) is 1. The van der Waals surface area contributed by atoms with E-state index in [1.807, 2.05) is 32.9 Å². The van der Waals surface area contributed by atoms with E-state index in [1.165, 1.54) is 0 Å². The predicted molar refractivity (Wildman–Crippen MR) is 86.7 cm³/mol. The third-order valence-corrected chi connectivity index (χ3v) is 7.98. The first-order chi connectivity index (χ1) is 9.74. The summed E-state index contributed by atoms with van der Waals surface area (Å²) in [6.45, 7) is 8.47. The Balaban J connectivity index is 2.03. The van der Waals surface area contributed by atoms with Crippen LogP contribution in [0.3, 0.4) is 0 Å². The summed E-state index contributed by atoms with van der Waals surface area (Å²) in [5.41, 5.74) is 0.694. The van der Waals surface area contributed by atoms with Crippen molar-refractivity contribution in [1.82, 2.24) is 9.62 Å². The molecule has 21 heavy (non-hydrogen) atoms. The van der Waals surface area contributed by atoms with Crippen LogP contribution in [0.25, 0.3) is 0 Å². The average Bonchev–Trinajstić information content (AvgIpc) is 2.91. The van der Waals surface area contributed by atoms with Gasteiger partial charge in [0, 0.05) is 23.1 Å². The molecule has 116 valence electrons. The van der Waals surface area contributed by atoms with Gasteiger partial charge in [-0.2, -0.15) is 4.31 Å². The van der Waals surface area contributed by atoms with Gasteiger partial charge in [-0.25, -0.2) is 8.42 Å². The molecule has 0 spiro atoms. The maximum atomic E-state index is 13.1. The first-order valence-electron chi connectivity index (χ1n) is 7.24. The van der Waals surface area contributed by atoms with Crippen LogP contribution in [0.4, 0.5) is 0 Å². The fraction of sp³-hybridized carbons (Fsp3) is 0.600. The van der Waals surface area contributed by atoms with E-state index in [4.69, 9.17) is 0 Å². The number of aryl methyl sites for hydroxylation is 1. The summed E-state index contributed by atoms with van der Waals surface area (Å²) in [6, 6.07) is 5.42. The topological polar surface area (TPSA) is 49.4 Å². The van der Waals surface area contributed by atoms with Crippen molar-refractivity contribution in [3.8, 4) is 0 Å². The van der Waals surface area contributed by atoms with Crippen molar-refractivity contribution in [2.24, 2.45) is 11.8 Å². The second kappa shape index (κ2) is 5.05. The van der Waals surface area contributed by atoms with E-state index in [0.717, 1.165) is 18.7 Å². The Hall–Kier alpha value is -0.430. The second-order valence-electron chi connectivity index (χ2n) is 6.65. The molecule has 0 aliphatic carbocycles. The number of hydrogen-bond acceptors (Lipinski definition) is 3. The molecule has 2 atom stereocenters. The summed E-state index contributed by atoms with van der Waals surface area (Å²) in [7, 11) is -3.48. The van der Waals surface area contributed by atoms with E-state index in [-0.39, 0.29) is 5.54 Å². The lowest BCUT2D eigenvalue weighted by atomic mass is 9.85. The molecule has 0 amide bonds. The summed E-state index contributed by atoms with van der Waals surface area (Å²) in [6.07, 6.45) is 0. The molecule has 0 radical (unpaired) electrons. The van der Waals surface area contributed by atoms with Crippen molar-refractivity contribution in [3.63, 3.8) is 0 Å². The molecule has 0 saturated carbocycles. The van der Waals surface area contributed by atoms with Gasteiger partial charge in [-0.05, 0) is 72.8 Å². The van der Waals surface area contributed by atoms with Crippen LogP contribution < -0.4 is 5.32 Å². The zero-order chi connectivity index (χ0) is 15.4. The molecule has 2 aliphatic heterocycles. The Kier molecular flexibility index (Phi) is 3.72. The molecule has 0 aromatic heterocycles. The van der Waals surface area contributed by atoms with Gasteiger partial charge in [0.15, 0.2) is 0 Å². The zero-order valence-electron chi connectivity index (χ0n) is 12.6. The highest BCUT2D eigenvalue weighted by Crippen LogP contribution is 2.44. The number of halogens is 1. The van der Waals surface area contributed by atoms with Crippen LogP contribution in [0.15, 0.2) is 27.6 Å². The maximum Gasteiger partial charge on any atom is 0.244 e. The fourth-order valence-corrected chi connectivity index (χ4v) is 6.76. The smallest absolute Gasteiger partial charge is 0.244 e. The van der Waals surface area contributed by atoms with Gasteiger partial charge in [0.05, 0.1) is 4.90 Å². The molecule has 2 saturated heterocycles. The normalized spacial score (nSPS) is 28.8. The van der Waals surface area contributed by atoms with E-state index in [0.29, 0.717) is 27.7 Å². The molecule has 1 N–H and O–H groups in total. The summed E-state index contributed by atoms with van der Waals surface area (Å²) in [4.78, 5) is 0.370. The van der Waals surface area contributed by atoms with Crippen LogP contribution in [-0.4, -0.2) is 37.9 Å². The van der Waals surface area contributed by atoms with E-state index < -0.39 is 10.0 Å². The van der Waals surface area contributed by atoms with Crippen molar-refractivity contribution >= 4 is 26.0 Å². The third kappa shape index (κ3) is 2.36. The lowest BCUT2D eigenvalue weighted by Gasteiger charge is -2.34. The van der Waals surface area contributed by atoms with Crippen molar-refractivity contribution in [2.45, 2.75) is 31.2 Å². The number of hydrogen-bond donors (Lipinski definition) is 1. The summed E-state index contributed by atoms with van der Waals surface area (Å²) in [5, 5.41) is 3.38. The minimum Gasteiger partial charge on any atom is -0.316 e. The van der Waals surface area contributed by atoms with Gasteiger partial charge < -0.3 is 5.32 Å². The van der Waals surface area contributed by atoms with Gasteiger partial charge in [-0.15, -0.1) is 0 Å². The highest BCUT2D eigenvalue weighted by Gasteiger charge is 2.54. The van der Waals surface area contributed by atoms with Gasteiger partial charge in [0.1, 0.15) is 0 Å². The van der Waals surface area contributed by atoms with Crippen LogP contribution in [0.1, 0.15) is 19.4 Å². The number of sulfonamides is 1. The van der Waals surface area contributed by atoms with Gasteiger partial charge in [-0.1, -0.05) is 6.07 Å². The Labute approximate surface area is 135 Å². The number of benzene rings is 1. The molecule has 2 unspecified atom stereocenters. The lowest BCUT2D eigenvalue weighted by molar-refractivity contribution is 0.233. The van der Waals surface area contributed by atoms with Crippen LogP contribution in [0, 0.1) is 18.8 Å². The van der Waals surface area contributed by atoms with Crippen LogP contribution in [0.2, 0.25) is 0 Å². The monoisotopic (exact) mass is 372 g/mol. The number of nitrogens with one attached hydrogen (secondary N) is 1. The third-order valence-electron chi connectivity index (χ3n) is 4.95. The summed E-state index contributed by atoms with van der Waals surface area (Å²) < 4.78 is 28.5. The quantitative estimate of drug-likeness (QED) is 0.866. The molecule has 6 heteroatoms. The predicted octanol–water partition coefficient (Wildman–Crippen LogP) is 2.38. The minimum atomic E-state index is -3.48. The highest BCUT2D eigenvalue weighted by molar-refractivity contribution is 9.10. The largest absolute Gasteiger partial charge is 0.316 e. The first kappa shape index (κ1) is 15.5. The Morgan fingerprint density at radius 2 is 2.05 bits per heavy atom. The van der Waals surface area contributed by atoms with Gasteiger partial charge >= 0.3 is 0 Å². The van der Waals surface area contributed by atoms with Gasteiger partial charge in [0.25, 0.3) is 0 Å². The van der Waals surface area contributed by atoms with E-state index in [9.17, 15) is 8.42 Å². The average molecular weight is 373 g/mol. The van der Waals surface area contributed by atoms with Crippen molar-refractivity contribution in [1.29, 1.82) is 0 Å². The molecule has 2 heterocycles. The molecule has 4 nitrogen and oxygen atoms in total. The molecular weight excluding hydrogens is 352 g/mol. The Morgan fingerprint density at radius 3 is 2.67 bits per heavy atom. The van der Waals surface area contributed by atoms with Crippen LogP contribution in [-0.2, 0) is 10.0 Å². The molecule has 2 aliphatic rings. The fourth-order valence-electron chi connectivity index (χ4n) is 3.73. The van der Waals surface area contributed by atoms with Crippen molar-refractivity contribution in [3.05, 3.63) is 28.2 Å². The molecular formula is C15H21BrN2O2S. The molecule has 1 aromatic carbocycles. The molecule has 1 aromatic rings. The highest BCUT2D eigenvalue weighted by atomic mass is 79.9. The Morgan fingerprint density at radius 1 is 1.33 bits per heavy atom. The maximum absolute atomic E-state index is 13.1. The lowest BCUT2D eigenvalue weighted by Crippen LogP contribution is -2.47. The van der Waals surface area contributed by atoms with Crippen molar-refractivity contribution in [2.75, 3.05) is 19.6 Å². The van der Waals surface area contributed by atoms with Crippen LogP contribution >= 0.6 is 15.9 Å². The SMILES string of the molecule is Cc1ccc(S(=O)(=O)N2CC3CNCC3C2(C)C)c(Br)c1. The Bertz CT molecular complexity index is 672. The van der Waals surface area contributed by atoms with Gasteiger partial charge in [-0.3, -0.25) is 0 Å². The van der Waals surface area contributed by atoms with E-state index in [1.54, 1.807) is 10.4 Å². The van der Waals surface area contributed by atoms with Gasteiger partial charge in [0.2, 0.25) is 10.0 Å². The number of rotatable bonds is 2. The van der Waals surface area contributed by atoms with E-state index in [2.05, 4.69) is 21.2 Å². The first-order valence-corrected chi connectivity index (χ1v) is 9.47. The molecule has 2 fully saturated rings. The van der Waals surface area contributed by atoms with Crippen LogP contribution in [0.5, 0.6) is 0 Å². The van der Waals surface area contributed by atoms with Crippen molar-refractivity contribution < 1.29 is 8.42 Å². The molecule has 0 bridgehead atoms. The van der Waals surface area contributed by atoms with E-state index >= 15 is 0 Å². The number of fused-ring (bicyclic) bond motifs is 1.